The molecule has 0 aromatic carbocycles. The third-order valence-corrected chi connectivity index (χ3v) is 9.46. The number of unbranched alkanes of at least 4 members (excludes halogenated alkanes) is 21. The summed E-state index contributed by atoms with van der Waals surface area (Å²) < 4.78 is 32.6. The van der Waals surface area contributed by atoms with Crippen molar-refractivity contribution in [3.05, 3.63) is 12.2 Å². The molecule has 3 atom stereocenters. The van der Waals surface area contributed by atoms with E-state index < -0.39 is 51.1 Å². The van der Waals surface area contributed by atoms with Gasteiger partial charge in [-0.25, -0.2) is 4.57 Å². The van der Waals surface area contributed by atoms with Gasteiger partial charge < -0.3 is 25.2 Å². The van der Waals surface area contributed by atoms with E-state index in [-0.39, 0.29) is 19.4 Å². The van der Waals surface area contributed by atoms with Crippen molar-refractivity contribution < 1.29 is 47.5 Å². The second-order valence-electron chi connectivity index (χ2n) is 13.4. The minimum absolute atomic E-state index is 0.155. The molecule has 294 valence electrons. The molecule has 0 aromatic heterocycles. The fraction of sp³-hybridized carbons (Fsp3) is 0.868. The van der Waals surface area contributed by atoms with Crippen LogP contribution >= 0.6 is 7.82 Å². The van der Waals surface area contributed by atoms with Gasteiger partial charge in [-0.3, -0.25) is 23.4 Å². The van der Waals surface area contributed by atoms with Crippen molar-refractivity contribution in [2.45, 2.75) is 193 Å². The third kappa shape index (κ3) is 33.4. The van der Waals surface area contributed by atoms with Gasteiger partial charge in [-0.15, -0.1) is 0 Å². The van der Waals surface area contributed by atoms with Crippen molar-refractivity contribution in [1.82, 2.24) is 0 Å². The van der Waals surface area contributed by atoms with Gasteiger partial charge >= 0.3 is 25.7 Å². The quantitative estimate of drug-likeness (QED) is 0.0240. The van der Waals surface area contributed by atoms with Crippen LogP contribution in [0.3, 0.4) is 0 Å². The first kappa shape index (κ1) is 48.2. The van der Waals surface area contributed by atoms with E-state index in [1.54, 1.807) is 0 Å². The summed E-state index contributed by atoms with van der Waals surface area (Å²) in [4.78, 5) is 45.7. The summed E-state index contributed by atoms with van der Waals surface area (Å²) in [5, 5.41) is 8.86. The lowest BCUT2D eigenvalue weighted by molar-refractivity contribution is -0.161. The number of phosphoric acid groups is 1. The normalized spacial score (nSPS) is 14.0. The van der Waals surface area contributed by atoms with Gasteiger partial charge in [-0.1, -0.05) is 142 Å². The number of carboxylic acids is 1. The fourth-order valence-corrected chi connectivity index (χ4v) is 6.13. The van der Waals surface area contributed by atoms with Crippen molar-refractivity contribution in [2.75, 3.05) is 19.8 Å². The number of carbonyl (C=O) groups is 3. The third-order valence-electron chi connectivity index (χ3n) is 8.51. The average molecular weight is 734 g/mol. The first-order chi connectivity index (χ1) is 24.1. The highest BCUT2D eigenvalue weighted by atomic mass is 31.2. The molecule has 11 nitrogen and oxygen atoms in total. The Labute approximate surface area is 303 Å². The van der Waals surface area contributed by atoms with Gasteiger partial charge in [0.1, 0.15) is 12.6 Å². The second kappa shape index (κ2) is 34.3. The van der Waals surface area contributed by atoms with Crippen molar-refractivity contribution in [1.29, 1.82) is 0 Å². The van der Waals surface area contributed by atoms with E-state index in [4.69, 9.17) is 24.8 Å². The van der Waals surface area contributed by atoms with Crippen LogP contribution in [0, 0.1) is 0 Å². The molecule has 0 rings (SSSR count). The van der Waals surface area contributed by atoms with Gasteiger partial charge in [0.25, 0.3) is 0 Å². The number of rotatable bonds is 37. The SMILES string of the molecule is CCCCCC/C=C\CCCCCCCC(=O)O[C@H](COC(=O)CCCCCCCCCCCCCCC)COP(=O)(O)OC[C@H](N)C(=O)O. The van der Waals surface area contributed by atoms with E-state index in [2.05, 4.69) is 30.5 Å². The van der Waals surface area contributed by atoms with E-state index >= 15 is 0 Å². The van der Waals surface area contributed by atoms with Crippen LogP contribution in [0.25, 0.3) is 0 Å². The molecule has 50 heavy (non-hydrogen) atoms. The molecule has 0 radical (unpaired) electrons. The Balaban J connectivity index is 4.42. The zero-order valence-electron chi connectivity index (χ0n) is 31.5. The molecule has 0 saturated heterocycles. The fourth-order valence-electron chi connectivity index (χ4n) is 5.35. The van der Waals surface area contributed by atoms with Crippen LogP contribution in [0.1, 0.15) is 181 Å². The maximum absolute atomic E-state index is 12.6. The number of nitrogens with two attached hydrogens (primary N) is 1. The summed E-state index contributed by atoms with van der Waals surface area (Å²) in [6, 6.07) is -1.52. The molecule has 0 saturated carbocycles. The van der Waals surface area contributed by atoms with Gasteiger partial charge in [0.05, 0.1) is 13.2 Å². The average Bonchev–Trinajstić information content (AvgIpc) is 3.09. The monoisotopic (exact) mass is 733 g/mol. The molecule has 0 fully saturated rings. The molecular weight excluding hydrogens is 661 g/mol. The summed E-state index contributed by atoms with van der Waals surface area (Å²) in [7, 11) is -4.71. The molecule has 0 aromatic rings. The Bertz CT molecular complexity index is 916. The van der Waals surface area contributed by atoms with Gasteiger partial charge in [-0.2, -0.15) is 0 Å². The molecule has 0 amide bonds. The number of ether oxygens (including phenoxy) is 2. The minimum Gasteiger partial charge on any atom is -0.480 e. The standard InChI is InChI=1S/C38H72NO10P/c1-3-5-7-9-11-13-15-17-19-21-23-25-27-29-36(40)46-31-34(32-47-50(44,45)48-33-35(39)38(42)43)49-37(41)30-28-26-24-22-20-18-16-14-12-10-8-6-4-2/h14,16,34-35H,3-13,15,17-33,39H2,1-2H3,(H,42,43)(H,44,45)/b16-14-/t34-,35+/m1/s1. The largest absolute Gasteiger partial charge is 0.480 e. The van der Waals surface area contributed by atoms with Crippen molar-refractivity contribution >= 4 is 25.7 Å². The number of phosphoric ester groups is 1. The van der Waals surface area contributed by atoms with E-state index in [0.29, 0.717) is 12.8 Å². The van der Waals surface area contributed by atoms with Crippen molar-refractivity contribution in [3.63, 3.8) is 0 Å². The van der Waals surface area contributed by atoms with Gasteiger partial charge in [0, 0.05) is 12.8 Å². The van der Waals surface area contributed by atoms with Crippen LogP contribution in [0.5, 0.6) is 0 Å². The molecule has 0 heterocycles. The summed E-state index contributed by atoms with van der Waals surface area (Å²) in [6.07, 6.45) is 31.3. The van der Waals surface area contributed by atoms with E-state index in [9.17, 15) is 23.8 Å². The first-order valence-electron chi connectivity index (χ1n) is 19.7. The number of hydrogen-bond acceptors (Lipinski definition) is 9. The molecular formula is C38H72NO10P. The van der Waals surface area contributed by atoms with Crippen LogP contribution in [-0.4, -0.2) is 59.9 Å². The first-order valence-corrected chi connectivity index (χ1v) is 21.2. The Morgan fingerprint density at radius 3 is 1.48 bits per heavy atom. The van der Waals surface area contributed by atoms with Gasteiger partial charge in [-0.05, 0) is 38.5 Å². The summed E-state index contributed by atoms with van der Waals surface area (Å²) in [5.41, 5.74) is 5.32. The zero-order valence-corrected chi connectivity index (χ0v) is 32.4. The lowest BCUT2D eigenvalue weighted by Crippen LogP contribution is -2.34. The van der Waals surface area contributed by atoms with Crippen molar-refractivity contribution in [2.24, 2.45) is 5.73 Å². The number of allylic oxidation sites excluding steroid dienone is 2. The van der Waals surface area contributed by atoms with E-state index in [1.807, 2.05) is 0 Å². The lowest BCUT2D eigenvalue weighted by Gasteiger charge is -2.20. The Morgan fingerprint density at radius 1 is 0.600 bits per heavy atom. The maximum atomic E-state index is 12.6. The van der Waals surface area contributed by atoms with E-state index in [0.717, 1.165) is 57.8 Å². The number of carboxylic acid groups (broad SMARTS) is 1. The van der Waals surface area contributed by atoms with Crippen molar-refractivity contribution in [3.8, 4) is 0 Å². The highest BCUT2D eigenvalue weighted by molar-refractivity contribution is 7.47. The highest BCUT2D eigenvalue weighted by Crippen LogP contribution is 2.43. The zero-order chi connectivity index (χ0) is 37.1. The molecule has 0 bridgehead atoms. The molecule has 1 unspecified atom stereocenters. The van der Waals surface area contributed by atoms with Gasteiger partial charge in [0.15, 0.2) is 6.10 Å². The maximum Gasteiger partial charge on any atom is 0.472 e. The predicted octanol–water partition coefficient (Wildman–Crippen LogP) is 9.73. The number of aliphatic carboxylic acids is 1. The van der Waals surface area contributed by atoms with Crippen LogP contribution in [0.4, 0.5) is 0 Å². The number of hydrogen-bond donors (Lipinski definition) is 3. The molecule has 0 aliphatic heterocycles. The Hall–Kier alpha value is -1.78. The topological polar surface area (TPSA) is 172 Å². The predicted molar refractivity (Wildman–Crippen MR) is 199 cm³/mol. The van der Waals surface area contributed by atoms with Crippen LogP contribution < -0.4 is 5.73 Å². The van der Waals surface area contributed by atoms with Crippen LogP contribution in [0.15, 0.2) is 12.2 Å². The Morgan fingerprint density at radius 2 is 1.00 bits per heavy atom. The summed E-state index contributed by atoms with van der Waals surface area (Å²) in [5.74, 6) is -2.38. The van der Waals surface area contributed by atoms with Gasteiger partial charge in [0.2, 0.25) is 0 Å². The minimum atomic E-state index is -4.71. The second-order valence-corrected chi connectivity index (χ2v) is 14.9. The highest BCUT2D eigenvalue weighted by Gasteiger charge is 2.28. The van der Waals surface area contributed by atoms with E-state index in [1.165, 1.54) is 83.5 Å². The summed E-state index contributed by atoms with van der Waals surface area (Å²) >= 11 is 0. The lowest BCUT2D eigenvalue weighted by atomic mass is 10.0. The van der Waals surface area contributed by atoms with Crippen LogP contribution in [0.2, 0.25) is 0 Å². The smallest absolute Gasteiger partial charge is 0.472 e. The molecule has 12 heteroatoms. The molecule has 0 aliphatic rings. The number of esters is 2. The number of carbonyl (C=O) groups excluding carboxylic acids is 2. The van der Waals surface area contributed by atoms with Crippen LogP contribution in [-0.2, 0) is 37.5 Å². The molecule has 0 aliphatic carbocycles. The Kier molecular flexibility index (Phi) is 33.1. The molecule has 0 spiro atoms. The molecule has 4 N–H and O–H groups in total. The summed E-state index contributed by atoms with van der Waals surface area (Å²) in [6.45, 7) is 2.77.